The summed E-state index contributed by atoms with van der Waals surface area (Å²) >= 11 is 0. The summed E-state index contributed by atoms with van der Waals surface area (Å²) in [5.74, 6) is 0.740. The van der Waals surface area contributed by atoms with E-state index in [2.05, 4.69) is 5.32 Å². The van der Waals surface area contributed by atoms with Gasteiger partial charge in [-0.3, -0.25) is 9.59 Å². The van der Waals surface area contributed by atoms with E-state index >= 15 is 0 Å². The van der Waals surface area contributed by atoms with E-state index in [0.717, 1.165) is 12.2 Å². The van der Waals surface area contributed by atoms with Gasteiger partial charge in [0.2, 0.25) is 5.91 Å². The lowest BCUT2D eigenvalue weighted by molar-refractivity contribution is -0.121. The summed E-state index contributed by atoms with van der Waals surface area (Å²) in [6.45, 7) is 1.16. The summed E-state index contributed by atoms with van der Waals surface area (Å²) in [5.41, 5.74) is 5.98. The van der Waals surface area contributed by atoms with Gasteiger partial charge in [-0.2, -0.15) is 0 Å². The lowest BCUT2D eigenvalue weighted by Crippen LogP contribution is -2.25. The molecule has 0 bridgehead atoms. The topological polar surface area (TPSA) is 81.4 Å². The molecule has 1 aromatic rings. The number of rotatable bonds is 9. The molecule has 0 unspecified atom stereocenters. The normalized spacial score (nSPS) is 9.62. The van der Waals surface area contributed by atoms with Crippen molar-refractivity contribution in [2.75, 3.05) is 20.2 Å². The highest BCUT2D eigenvalue weighted by Crippen LogP contribution is 2.13. The molecule has 118 valence electrons. The third-order valence-corrected chi connectivity index (χ3v) is 2.92. The van der Waals surface area contributed by atoms with E-state index in [-0.39, 0.29) is 24.1 Å². The van der Waals surface area contributed by atoms with Gasteiger partial charge in [0.1, 0.15) is 5.75 Å². The van der Waals surface area contributed by atoms with Crippen LogP contribution in [0.2, 0.25) is 0 Å². The third kappa shape index (κ3) is 7.68. The van der Waals surface area contributed by atoms with E-state index in [1.807, 2.05) is 0 Å². The van der Waals surface area contributed by atoms with E-state index in [4.69, 9.17) is 10.5 Å². The number of halogens is 1. The quantitative estimate of drug-likeness (QED) is 0.539. The average Bonchev–Trinajstić information content (AvgIpc) is 2.47. The Kier molecular flexibility index (Phi) is 10.3. The van der Waals surface area contributed by atoms with Crippen molar-refractivity contribution in [3.8, 4) is 5.75 Å². The molecule has 1 rings (SSSR count). The van der Waals surface area contributed by atoms with Crippen LogP contribution in [-0.2, 0) is 4.79 Å². The van der Waals surface area contributed by atoms with Gasteiger partial charge in [0.15, 0.2) is 5.78 Å². The smallest absolute Gasteiger partial charge is 0.220 e. The van der Waals surface area contributed by atoms with Crippen LogP contribution >= 0.6 is 12.4 Å². The lowest BCUT2D eigenvalue weighted by Gasteiger charge is -2.05. The number of ether oxygens (including phenoxy) is 1. The molecule has 0 spiro atoms. The van der Waals surface area contributed by atoms with Gasteiger partial charge >= 0.3 is 0 Å². The van der Waals surface area contributed by atoms with E-state index in [9.17, 15) is 9.59 Å². The zero-order valence-corrected chi connectivity index (χ0v) is 13.1. The maximum Gasteiger partial charge on any atom is 0.220 e. The van der Waals surface area contributed by atoms with Crippen molar-refractivity contribution < 1.29 is 14.3 Å². The van der Waals surface area contributed by atoms with Gasteiger partial charge in [0.25, 0.3) is 0 Å². The van der Waals surface area contributed by atoms with Crippen LogP contribution in [0.3, 0.4) is 0 Å². The van der Waals surface area contributed by atoms with Crippen molar-refractivity contribution in [1.29, 1.82) is 0 Å². The lowest BCUT2D eigenvalue weighted by atomic mass is 10.1. The van der Waals surface area contributed by atoms with Crippen LogP contribution < -0.4 is 15.8 Å². The van der Waals surface area contributed by atoms with Gasteiger partial charge in [-0.05, 0) is 43.7 Å². The van der Waals surface area contributed by atoms with Crippen LogP contribution in [-0.4, -0.2) is 31.9 Å². The molecule has 0 fully saturated rings. The molecule has 1 amide bonds. The SMILES string of the molecule is COc1ccc(C(=O)CCCC(=O)NCCCN)cc1.Cl. The number of nitrogens with one attached hydrogen (secondary N) is 1. The fourth-order valence-electron chi connectivity index (χ4n) is 1.75. The summed E-state index contributed by atoms with van der Waals surface area (Å²) in [7, 11) is 1.58. The summed E-state index contributed by atoms with van der Waals surface area (Å²) < 4.78 is 5.04. The Morgan fingerprint density at radius 3 is 2.38 bits per heavy atom. The molecule has 5 nitrogen and oxygen atoms in total. The first-order valence-electron chi connectivity index (χ1n) is 6.81. The second-order valence-corrected chi connectivity index (χ2v) is 4.50. The standard InChI is InChI=1S/C15H22N2O3.ClH/c1-20-13-8-6-12(7-9-13)14(18)4-2-5-15(19)17-11-3-10-16;/h6-9H,2-5,10-11,16H2,1H3,(H,17,19);1H. The van der Waals surface area contributed by atoms with Crippen molar-refractivity contribution in [3.63, 3.8) is 0 Å². The predicted molar refractivity (Wildman–Crippen MR) is 85.1 cm³/mol. The number of carbonyl (C=O) groups is 2. The Morgan fingerprint density at radius 1 is 1.14 bits per heavy atom. The predicted octanol–water partition coefficient (Wildman–Crippen LogP) is 1.94. The fourth-order valence-corrected chi connectivity index (χ4v) is 1.75. The first kappa shape index (κ1) is 19.4. The zero-order chi connectivity index (χ0) is 14.8. The number of benzene rings is 1. The molecule has 0 aliphatic heterocycles. The second-order valence-electron chi connectivity index (χ2n) is 4.50. The Morgan fingerprint density at radius 2 is 1.81 bits per heavy atom. The van der Waals surface area contributed by atoms with E-state index in [1.54, 1.807) is 31.4 Å². The molecule has 0 aliphatic carbocycles. The Labute approximate surface area is 131 Å². The molecule has 0 aromatic heterocycles. The minimum absolute atomic E-state index is 0. The molecule has 0 saturated carbocycles. The van der Waals surface area contributed by atoms with Gasteiger partial charge < -0.3 is 15.8 Å². The number of methoxy groups -OCH3 is 1. The van der Waals surface area contributed by atoms with Gasteiger partial charge in [0.05, 0.1) is 7.11 Å². The Balaban J connectivity index is 0.00000400. The van der Waals surface area contributed by atoms with Crippen LogP contribution in [0.15, 0.2) is 24.3 Å². The van der Waals surface area contributed by atoms with E-state index < -0.39 is 0 Å². The van der Waals surface area contributed by atoms with Crippen LogP contribution in [0.5, 0.6) is 5.75 Å². The zero-order valence-electron chi connectivity index (χ0n) is 12.3. The van der Waals surface area contributed by atoms with Crippen LogP contribution in [0.4, 0.5) is 0 Å². The Bertz CT molecular complexity index is 435. The van der Waals surface area contributed by atoms with E-state index in [1.165, 1.54) is 0 Å². The second kappa shape index (κ2) is 11.1. The molecule has 0 atom stereocenters. The summed E-state index contributed by atoms with van der Waals surface area (Å²) in [6, 6.07) is 6.99. The average molecular weight is 315 g/mol. The molecule has 0 aliphatic rings. The highest BCUT2D eigenvalue weighted by Gasteiger charge is 2.07. The monoisotopic (exact) mass is 314 g/mol. The minimum Gasteiger partial charge on any atom is -0.497 e. The number of hydrogen-bond donors (Lipinski definition) is 2. The molecule has 3 N–H and O–H groups in total. The van der Waals surface area contributed by atoms with Gasteiger partial charge in [-0.1, -0.05) is 0 Å². The first-order chi connectivity index (χ1) is 9.67. The van der Waals surface area contributed by atoms with Crippen LogP contribution in [0.1, 0.15) is 36.0 Å². The van der Waals surface area contributed by atoms with Gasteiger partial charge in [-0.25, -0.2) is 0 Å². The maximum absolute atomic E-state index is 11.9. The molecule has 0 heterocycles. The first-order valence-corrected chi connectivity index (χ1v) is 6.81. The number of hydrogen-bond acceptors (Lipinski definition) is 4. The van der Waals surface area contributed by atoms with E-state index in [0.29, 0.717) is 37.9 Å². The van der Waals surface area contributed by atoms with Crippen molar-refractivity contribution in [1.82, 2.24) is 5.32 Å². The molecular formula is C15H23ClN2O3. The van der Waals surface area contributed by atoms with Gasteiger partial charge in [-0.15, -0.1) is 12.4 Å². The highest BCUT2D eigenvalue weighted by atomic mass is 35.5. The molecule has 6 heteroatoms. The number of Topliss-reactive ketones (excluding diaryl/α,β-unsaturated/α-hetero) is 1. The third-order valence-electron chi connectivity index (χ3n) is 2.92. The molecule has 1 aromatic carbocycles. The summed E-state index contributed by atoms with van der Waals surface area (Å²) in [4.78, 5) is 23.3. The molecule has 0 saturated heterocycles. The molecular weight excluding hydrogens is 292 g/mol. The van der Waals surface area contributed by atoms with Crippen molar-refractivity contribution in [2.24, 2.45) is 5.73 Å². The fraction of sp³-hybridized carbons (Fsp3) is 0.467. The molecule has 0 radical (unpaired) electrons. The number of ketones is 1. The van der Waals surface area contributed by atoms with Crippen LogP contribution in [0, 0.1) is 0 Å². The maximum atomic E-state index is 11.9. The Hall–Kier alpha value is -1.59. The minimum atomic E-state index is -0.0269. The van der Waals surface area contributed by atoms with Gasteiger partial charge in [0, 0.05) is 24.9 Å². The largest absolute Gasteiger partial charge is 0.497 e. The van der Waals surface area contributed by atoms with Crippen molar-refractivity contribution in [3.05, 3.63) is 29.8 Å². The highest BCUT2D eigenvalue weighted by molar-refractivity contribution is 5.96. The van der Waals surface area contributed by atoms with Crippen molar-refractivity contribution in [2.45, 2.75) is 25.7 Å². The molecule has 21 heavy (non-hydrogen) atoms. The van der Waals surface area contributed by atoms with Crippen molar-refractivity contribution >= 4 is 24.1 Å². The summed E-state index contributed by atoms with van der Waals surface area (Å²) in [6.07, 6.45) is 2.07. The van der Waals surface area contributed by atoms with Crippen LogP contribution in [0.25, 0.3) is 0 Å². The number of carbonyl (C=O) groups excluding carboxylic acids is 2. The number of amides is 1. The summed E-state index contributed by atoms with van der Waals surface area (Å²) in [5, 5.41) is 2.77. The number of nitrogens with two attached hydrogens (primary N) is 1.